The summed E-state index contributed by atoms with van der Waals surface area (Å²) in [6.07, 6.45) is -1.12. The third kappa shape index (κ3) is 3.98. The number of benzene rings is 2. The zero-order valence-electron chi connectivity index (χ0n) is 11.0. The molecule has 0 amide bonds. The van der Waals surface area contributed by atoms with E-state index in [4.69, 9.17) is 0 Å². The van der Waals surface area contributed by atoms with Gasteiger partial charge in [-0.15, -0.1) is 0 Å². The first-order valence-corrected chi connectivity index (χ1v) is 6.46. The summed E-state index contributed by atoms with van der Waals surface area (Å²) in [6, 6.07) is 13.1. The van der Waals surface area contributed by atoms with Crippen molar-refractivity contribution < 1.29 is 20.4 Å². The molecule has 4 heteroatoms. The second-order valence-corrected chi connectivity index (χ2v) is 4.88. The number of aromatic hydroxyl groups is 2. The highest BCUT2D eigenvalue weighted by molar-refractivity contribution is 5.27. The van der Waals surface area contributed by atoms with Crippen LogP contribution >= 0.6 is 0 Å². The molecule has 4 N–H and O–H groups in total. The summed E-state index contributed by atoms with van der Waals surface area (Å²) in [6.45, 7) is 0. The summed E-state index contributed by atoms with van der Waals surface area (Å²) in [5.74, 6) is 0.348. The van der Waals surface area contributed by atoms with Crippen LogP contribution in [0, 0.1) is 0 Å². The van der Waals surface area contributed by atoms with Crippen molar-refractivity contribution in [2.75, 3.05) is 0 Å². The monoisotopic (exact) mass is 274 g/mol. The number of phenolic OH excluding ortho intramolecular Hbond substituents is 2. The Morgan fingerprint density at radius 3 is 1.20 bits per heavy atom. The van der Waals surface area contributed by atoms with Crippen LogP contribution in [-0.2, 0) is 12.8 Å². The van der Waals surface area contributed by atoms with Crippen molar-refractivity contribution in [2.45, 2.75) is 25.0 Å². The van der Waals surface area contributed by atoms with Gasteiger partial charge >= 0.3 is 0 Å². The van der Waals surface area contributed by atoms with E-state index in [9.17, 15) is 20.4 Å². The molecule has 2 aromatic rings. The molecular formula is C16H18O4. The van der Waals surface area contributed by atoms with Gasteiger partial charge in [-0.05, 0) is 35.4 Å². The average molecular weight is 274 g/mol. The Balaban J connectivity index is 1.93. The van der Waals surface area contributed by atoms with Gasteiger partial charge in [0, 0.05) is 12.8 Å². The predicted molar refractivity (Wildman–Crippen MR) is 75.6 cm³/mol. The van der Waals surface area contributed by atoms with Crippen molar-refractivity contribution >= 4 is 0 Å². The average Bonchev–Trinajstić information content (AvgIpc) is 2.44. The number of aliphatic hydroxyl groups excluding tert-OH is 2. The Hall–Kier alpha value is -2.04. The summed E-state index contributed by atoms with van der Waals surface area (Å²) in [5, 5.41) is 38.4. The lowest BCUT2D eigenvalue weighted by Gasteiger charge is -2.18. The maximum atomic E-state index is 9.99. The summed E-state index contributed by atoms with van der Waals surface area (Å²) in [5.41, 5.74) is 1.69. The molecule has 0 heterocycles. The zero-order valence-corrected chi connectivity index (χ0v) is 11.0. The normalized spacial score (nSPS) is 13.9. The minimum atomic E-state index is -0.881. The Labute approximate surface area is 117 Å². The van der Waals surface area contributed by atoms with Crippen LogP contribution in [0.1, 0.15) is 11.1 Å². The molecule has 0 saturated carbocycles. The maximum absolute atomic E-state index is 9.99. The third-order valence-electron chi connectivity index (χ3n) is 3.21. The summed E-state index contributed by atoms with van der Waals surface area (Å²) in [7, 11) is 0. The second-order valence-electron chi connectivity index (χ2n) is 4.88. The highest BCUT2D eigenvalue weighted by Crippen LogP contribution is 2.15. The van der Waals surface area contributed by atoms with E-state index in [-0.39, 0.29) is 11.5 Å². The van der Waals surface area contributed by atoms with E-state index in [0.717, 1.165) is 11.1 Å². The van der Waals surface area contributed by atoms with Crippen molar-refractivity contribution in [3.05, 3.63) is 59.7 Å². The van der Waals surface area contributed by atoms with Crippen LogP contribution in [0.3, 0.4) is 0 Å². The van der Waals surface area contributed by atoms with E-state index in [0.29, 0.717) is 12.8 Å². The Bertz CT molecular complexity index is 482. The lowest BCUT2D eigenvalue weighted by Crippen LogP contribution is -2.29. The third-order valence-corrected chi connectivity index (χ3v) is 3.21. The van der Waals surface area contributed by atoms with Crippen molar-refractivity contribution in [1.29, 1.82) is 0 Å². The number of hydrogen-bond donors (Lipinski definition) is 4. The fourth-order valence-corrected chi connectivity index (χ4v) is 2.02. The zero-order chi connectivity index (χ0) is 14.5. The molecule has 4 nitrogen and oxygen atoms in total. The van der Waals surface area contributed by atoms with E-state index in [1.54, 1.807) is 48.5 Å². The van der Waals surface area contributed by atoms with Gasteiger partial charge in [-0.1, -0.05) is 24.3 Å². The maximum Gasteiger partial charge on any atom is 0.115 e. The number of aliphatic hydroxyl groups is 2. The molecule has 0 saturated heterocycles. The molecule has 20 heavy (non-hydrogen) atoms. The molecule has 2 rings (SSSR count). The minimum Gasteiger partial charge on any atom is -0.508 e. The molecule has 2 atom stereocenters. The molecule has 106 valence electrons. The Morgan fingerprint density at radius 1 is 0.600 bits per heavy atom. The van der Waals surface area contributed by atoms with Crippen LogP contribution in [0.15, 0.2) is 48.5 Å². The van der Waals surface area contributed by atoms with Crippen LogP contribution in [0.5, 0.6) is 11.5 Å². The first kappa shape index (κ1) is 14.4. The summed E-state index contributed by atoms with van der Waals surface area (Å²) >= 11 is 0. The summed E-state index contributed by atoms with van der Waals surface area (Å²) in [4.78, 5) is 0. The summed E-state index contributed by atoms with van der Waals surface area (Å²) < 4.78 is 0. The molecule has 0 fully saturated rings. The van der Waals surface area contributed by atoms with Gasteiger partial charge in [0.25, 0.3) is 0 Å². The molecule has 0 aliphatic rings. The molecule has 0 radical (unpaired) electrons. The highest BCUT2D eigenvalue weighted by atomic mass is 16.3. The van der Waals surface area contributed by atoms with E-state index in [1.807, 2.05) is 0 Å². The number of rotatable bonds is 5. The molecule has 0 aromatic heterocycles. The Morgan fingerprint density at radius 2 is 0.900 bits per heavy atom. The highest BCUT2D eigenvalue weighted by Gasteiger charge is 2.17. The second kappa shape index (κ2) is 6.41. The molecule has 0 bridgehead atoms. The quantitative estimate of drug-likeness (QED) is 0.667. The SMILES string of the molecule is Oc1ccc(C[C@H](O)[C@@H](O)Cc2ccc(O)cc2)cc1. The van der Waals surface area contributed by atoms with Crippen molar-refractivity contribution in [1.82, 2.24) is 0 Å². The minimum absolute atomic E-state index is 0.174. The van der Waals surface area contributed by atoms with Gasteiger partial charge in [-0.3, -0.25) is 0 Å². The topological polar surface area (TPSA) is 80.9 Å². The van der Waals surface area contributed by atoms with E-state index in [2.05, 4.69) is 0 Å². The first-order chi connectivity index (χ1) is 9.54. The number of phenols is 2. The van der Waals surface area contributed by atoms with E-state index < -0.39 is 12.2 Å². The molecule has 0 aliphatic carbocycles. The lowest BCUT2D eigenvalue weighted by atomic mass is 9.98. The van der Waals surface area contributed by atoms with Crippen molar-refractivity contribution in [3.8, 4) is 11.5 Å². The van der Waals surface area contributed by atoms with Gasteiger partial charge in [-0.2, -0.15) is 0 Å². The predicted octanol–water partition coefficient (Wildman–Crippen LogP) is 1.60. The van der Waals surface area contributed by atoms with Gasteiger partial charge in [0.2, 0.25) is 0 Å². The fraction of sp³-hybridized carbons (Fsp3) is 0.250. The van der Waals surface area contributed by atoms with Gasteiger partial charge < -0.3 is 20.4 Å². The van der Waals surface area contributed by atoms with E-state index >= 15 is 0 Å². The van der Waals surface area contributed by atoms with Crippen LogP contribution in [0.25, 0.3) is 0 Å². The van der Waals surface area contributed by atoms with Crippen molar-refractivity contribution in [2.24, 2.45) is 0 Å². The van der Waals surface area contributed by atoms with Crippen LogP contribution in [-0.4, -0.2) is 32.6 Å². The first-order valence-electron chi connectivity index (χ1n) is 6.46. The van der Waals surface area contributed by atoms with Crippen LogP contribution < -0.4 is 0 Å². The van der Waals surface area contributed by atoms with Gasteiger partial charge in [-0.25, -0.2) is 0 Å². The van der Waals surface area contributed by atoms with Crippen molar-refractivity contribution in [3.63, 3.8) is 0 Å². The van der Waals surface area contributed by atoms with E-state index in [1.165, 1.54) is 0 Å². The standard InChI is InChI=1S/C16H18O4/c17-13-5-1-11(2-6-13)9-15(19)16(20)10-12-3-7-14(18)8-4-12/h1-8,15-20H,9-10H2/t15-,16-/m0/s1. The molecule has 0 unspecified atom stereocenters. The van der Waals surface area contributed by atoms with Crippen LogP contribution in [0.4, 0.5) is 0 Å². The molecule has 2 aromatic carbocycles. The lowest BCUT2D eigenvalue weighted by molar-refractivity contribution is 0.0206. The Kier molecular flexibility index (Phi) is 4.61. The smallest absolute Gasteiger partial charge is 0.115 e. The molecular weight excluding hydrogens is 256 g/mol. The molecule has 0 spiro atoms. The van der Waals surface area contributed by atoms with Gasteiger partial charge in [0.05, 0.1) is 12.2 Å². The molecule has 0 aliphatic heterocycles. The largest absolute Gasteiger partial charge is 0.508 e. The number of hydrogen-bond acceptors (Lipinski definition) is 4. The van der Waals surface area contributed by atoms with Gasteiger partial charge in [0.15, 0.2) is 0 Å². The van der Waals surface area contributed by atoms with Gasteiger partial charge in [0.1, 0.15) is 11.5 Å². The van der Waals surface area contributed by atoms with Crippen LogP contribution in [0.2, 0.25) is 0 Å². The fourth-order valence-electron chi connectivity index (χ4n) is 2.02.